The van der Waals surface area contributed by atoms with Crippen molar-refractivity contribution in [3.8, 4) is 0 Å². The molecule has 1 amide bonds. The van der Waals surface area contributed by atoms with Crippen molar-refractivity contribution in [3.63, 3.8) is 0 Å². The SMILES string of the molecule is O=C(CC1CCCO1)NCC1CNCC1O. The average molecular weight is 228 g/mol. The number of ether oxygens (including phenoxy) is 1. The molecule has 3 unspecified atom stereocenters. The van der Waals surface area contributed by atoms with E-state index in [0.717, 1.165) is 26.0 Å². The third-order valence-electron chi connectivity index (χ3n) is 3.30. The van der Waals surface area contributed by atoms with Crippen LogP contribution in [0.2, 0.25) is 0 Å². The topological polar surface area (TPSA) is 70.6 Å². The molecule has 0 aromatic heterocycles. The molecule has 0 spiro atoms. The van der Waals surface area contributed by atoms with Crippen LogP contribution in [0.5, 0.6) is 0 Å². The smallest absolute Gasteiger partial charge is 0.222 e. The predicted octanol–water partition coefficient (Wildman–Crippen LogP) is -0.748. The first kappa shape index (κ1) is 11.8. The molecule has 2 rings (SSSR count). The zero-order chi connectivity index (χ0) is 11.4. The van der Waals surface area contributed by atoms with Gasteiger partial charge in [-0.25, -0.2) is 0 Å². The number of hydrogen-bond donors (Lipinski definition) is 3. The molecule has 2 aliphatic heterocycles. The third-order valence-corrected chi connectivity index (χ3v) is 3.30. The molecule has 0 aromatic rings. The second-order valence-electron chi connectivity index (χ2n) is 4.63. The number of nitrogens with one attached hydrogen (secondary N) is 2. The molecule has 5 heteroatoms. The van der Waals surface area contributed by atoms with E-state index in [-0.39, 0.29) is 24.0 Å². The van der Waals surface area contributed by atoms with Gasteiger partial charge in [0.25, 0.3) is 0 Å². The standard InChI is InChI=1S/C11H20N2O3/c14-10-7-12-5-8(10)6-13-11(15)4-9-2-1-3-16-9/h8-10,12,14H,1-7H2,(H,13,15). The van der Waals surface area contributed by atoms with E-state index in [0.29, 0.717) is 19.5 Å². The number of aliphatic hydroxyl groups excluding tert-OH is 1. The molecule has 3 N–H and O–H groups in total. The fourth-order valence-corrected chi connectivity index (χ4v) is 2.26. The molecule has 5 nitrogen and oxygen atoms in total. The Morgan fingerprint density at radius 2 is 2.38 bits per heavy atom. The Bertz CT molecular complexity index is 241. The van der Waals surface area contributed by atoms with Gasteiger partial charge in [-0.2, -0.15) is 0 Å². The van der Waals surface area contributed by atoms with Crippen molar-refractivity contribution >= 4 is 5.91 Å². The van der Waals surface area contributed by atoms with Gasteiger partial charge >= 0.3 is 0 Å². The lowest BCUT2D eigenvalue weighted by Crippen LogP contribution is -2.35. The second kappa shape index (κ2) is 5.61. The maximum Gasteiger partial charge on any atom is 0.222 e. The molecule has 3 atom stereocenters. The highest BCUT2D eigenvalue weighted by Gasteiger charge is 2.25. The number of carbonyl (C=O) groups is 1. The first-order valence-corrected chi connectivity index (χ1v) is 6.03. The van der Waals surface area contributed by atoms with Gasteiger partial charge in [0.2, 0.25) is 5.91 Å². The Balaban J connectivity index is 1.63. The Morgan fingerprint density at radius 3 is 3.00 bits per heavy atom. The molecule has 92 valence electrons. The van der Waals surface area contributed by atoms with Crippen molar-refractivity contribution in [3.05, 3.63) is 0 Å². The molecule has 0 saturated carbocycles. The fourth-order valence-electron chi connectivity index (χ4n) is 2.26. The molecular weight excluding hydrogens is 208 g/mol. The number of β-amino-alcohol motifs (C(OH)–C–C–N with tert-alkyl or cyclic N) is 1. The van der Waals surface area contributed by atoms with Gasteiger partial charge < -0.3 is 20.5 Å². The summed E-state index contributed by atoms with van der Waals surface area (Å²) in [5.74, 6) is 0.180. The maximum atomic E-state index is 11.6. The van der Waals surface area contributed by atoms with E-state index < -0.39 is 0 Å². The van der Waals surface area contributed by atoms with Gasteiger partial charge in [0.05, 0.1) is 18.6 Å². The highest BCUT2D eigenvalue weighted by molar-refractivity contribution is 5.76. The molecule has 16 heavy (non-hydrogen) atoms. The van der Waals surface area contributed by atoms with Crippen LogP contribution in [0.1, 0.15) is 19.3 Å². The minimum absolute atomic E-state index is 0.0333. The minimum Gasteiger partial charge on any atom is -0.391 e. The zero-order valence-electron chi connectivity index (χ0n) is 9.45. The van der Waals surface area contributed by atoms with E-state index in [4.69, 9.17) is 4.74 Å². The third kappa shape index (κ3) is 3.17. The quantitative estimate of drug-likeness (QED) is 0.592. The fraction of sp³-hybridized carbons (Fsp3) is 0.909. The summed E-state index contributed by atoms with van der Waals surface area (Å²) in [5, 5.41) is 15.5. The van der Waals surface area contributed by atoms with Crippen molar-refractivity contribution in [1.82, 2.24) is 10.6 Å². The van der Waals surface area contributed by atoms with Crippen molar-refractivity contribution in [2.24, 2.45) is 5.92 Å². The highest BCUT2D eigenvalue weighted by Crippen LogP contribution is 2.15. The molecule has 2 saturated heterocycles. The van der Waals surface area contributed by atoms with Crippen molar-refractivity contribution in [2.45, 2.75) is 31.5 Å². The zero-order valence-corrected chi connectivity index (χ0v) is 9.45. The molecule has 2 heterocycles. The van der Waals surface area contributed by atoms with Gasteiger partial charge in [0, 0.05) is 32.2 Å². The number of carbonyl (C=O) groups excluding carboxylic acids is 1. The average Bonchev–Trinajstić information content (AvgIpc) is 2.87. The summed E-state index contributed by atoms with van der Waals surface area (Å²) in [6, 6.07) is 0. The Kier molecular flexibility index (Phi) is 4.15. The number of rotatable bonds is 4. The molecule has 0 aliphatic carbocycles. The van der Waals surface area contributed by atoms with Gasteiger partial charge in [0.15, 0.2) is 0 Å². The summed E-state index contributed by atoms with van der Waals surface area (Å²) >= 11 is 0. The first-order chi connectivity index (χ1) is 7.75. The number of hydrogen-bond acceptors (Lipinski definition) is 4. The summed E-state index contributed by atoms with van der Waals surface area (Å²) in [5.41, 5.74) is 0. The van der Waals surface area contributed by atoms with Crippen molar-refractivity contribution in [1.29, 1.82) is 0 Å². The predicted molar refractivity (Wildman–Crippen MR) is 59.0 cm³/mol. The van der Waals surface area contributed by atoms with E-state index >= 15 is 0 Å². The summed E-state index contributed by atoms with van der Waals surface area (Å²) in [6.45, 7) is 2.75. The van der Waals surface area contributed by atoms with E-state index in [1.54, 1.807) is 0 Å². The lowest BCUT2D eigenvalue weighted by atomic mass is 10.1. The van der Waals surface area contributed by atoms with Crippen LogP contribution in [0.25, 0.3) is 0 Å². The molecule has 0 aromatic carbocycles. The first-order valence-electron chi connectivity index (χ1n) is 6.03. The van der Waals surface area contributed by atoms with E-state index in [2.05, 4.69) is 10.6 Å². The van der Waals surface area contributed by atoms with Gasteiger partial charge in [-0.15, -0.1) is 0 Å². The van der Waals surface area contributed by atoms with Crippen LogP contribution >= 0.6 is 0 Å². The molecule has 0 bridgehead atoms. The highest BCUT2D eigenvalue weighted by atomic mass is 16.5. The molecule has 0 radical (unpaired) electrons. The van der Waals surface area contributed by atoms with Gasteiger partial charge in [-0.3, -0.25) is 4.79 Å². The summed E-state index contributed by atoms with van der Waals surface area (Å²) in [4.78, 5) is 11.6. The second-order valence-corrected chi connectivity index (χ2v) is 4.63. The molecule has 2 aliphatic rings. The van der Waals surface area contributed by atoms with Gasteiger partial charge in [-0.05, 0) is 12.8 Å². The van der Waals surface area contributed by atoms with Crippen LogP contribution < -0.4 is 10.6 Å². The monoisotopic (exact) mass is 228 g/mol. The van der Waals surface area contributed by atoms with Crippen molar-refractivity contribution < 1.29 is 14.6 Å². The van der Waals surface area contributed by atoms with Gasteiger partial charge in [0.1, 0.15) is 0 Å². The number of aliphatic hydroxyl groups is 1. The lowest BCUT2D eigenvalue weighted by molar-refractivity contribution is -0.123. The summed E-state index contributed by atoms with van der Waals surface area (Å²) in [6.07, 6.45) is 2.27. The molecule has 2 fully saturated rings. The van der Waals surface area contributed by atoms with Crippen LogP contribution in [-0.4, -0.2) is 49.5 Å². The Hall–Kier alpha value is -0.650. The van der Waals surface area contributed by atoms with E-state index in [1.165, 1.54) is 0 Å². The maximum absolute atomic E-state index is 11.6. The Labute approximate surface area is 95.5 Å². The summed E-state index contributed by atoms with van der Waals surface area (Å²) in [7, 11) is 0. The summed E-state index contributed by atoms with van der Waals surface area (Å²) < 4.78 is 5.39. The van der Waals surface area contributed by atoms with Gasteiger partial charge in [-0.1, -0.05) is 0 Å². The van der Waals surface area contributed by atoms with Crippen LogP contribution in [0, 0.1) is 5.92 Å². The van der Waals surface area contributed by atoms with E-state index in [1.807, 2.05) is 0 Å². The van der Waals surface area contributed by atoms with Crippen LogP contribution in [0.4, 0.5) is 0 Å². The van der Waals surface area contributed by atoms with E-state index in [9.17, 15) is 9.90 Å². The molecular formula is C11H20N2O3. The normalized spacial score (nSPS) is 34.2. The van der Waals surface area contributed by atoms with Crippen molar-refractivity contribution in [2.75, 3.05) is 26.2 Å². The number of amides is 1. The van der Waals surface area contributed by atoms with Crippen LogP contribution in [-0.2, 0) is 9.53 Å². The Morgan fingerprint density at radius 1 is 1.50 bits per heavy atom. The van der Waals surface area contributed by atoms with Crippen LogP contribution in [0.3, 0.4) is 0 Å². The largest absolute Gasteiger partial charge is 0.391 e. The minimum atomic E-state index is -0.331. The lowest BCUT2D eigenvalue weighted by Gasteiger charge is -2.15. The van der Waals surface area contributed by atoms with Crippen LogP contribution in [0.15, 0.2) is 0 Å².